The monoisotopic (exact) mass is 266 g/mol. The van der Waals surface area contributed by atoms with Crippen LogP contribution in [0.3, 0.4) is 0 Å². The molecule has 1 aromatic carbocycles. The van der Waals surface area contributed by atoms with Gasteiger partial charge in [-0.1, -0.05) is 6.07 Å². The highest BCUT2D eigenvalue weighted by Gasteiger charge is 2.15. The smallest absolute Gasteiger partial charge is 0.234 e. The number of rotatable bonds is 5. The minimum absolute atomic E-state index is 0.0779. The number of benzene rings is 1. The van der Waals surface area contributed by atoms with Crippen LogP contribution in [-0.2, 0) is 11.2 Å². The van der Waals surface area contributed by atoms with Gasteiger partial charge in [-0.05, 0) is 31.2 Å². The van der Waals surface area contributed by atoms with Crippen LogP contribution >= 0.6 is 11.8 Å². The second-order valence-electron chi connectivity index (χ2n) is 4.36. The first-order valence-electron chi connectivity index (χ1n) is 5.86. The molecule has 0 bridgehead atoms. The number of likely N-dealkylation sites (N-methyl/N-ethyl adjacent to an activating group) is 1. The maximum Gasteiger partial charge on any atom is 0.234 e. The Hall–Kier alpha value is -1.08. The molecule has 0 radical (unpaired) electrons. The highest BCUT2D eigenvalue weighted by Crippen LogP contribution is 2.31. The summed E-state index contributed by atoms with van der Waals surface area (Å²) in [6, 6.07) is 6.26. The molecule has 98 valence electrons. The van der Waals surface area contributed by atoms with Crippen LogP contribution in [-0.4, -0.2) is 36.8 Å². The van der Waals surface area contributed by atoms with Gasteiger partial charge in [0.15, 0.2) is 0 Å². The Labute approximate surface area is 111 Å². The zero-order valence-electron chi connectivity index (χ0n) is 10.4. The Bertz CT molecular complexity index is 438. The number of carbonyl (C=O) groups excluding carboxylic acids is 1. The second-order valence-corrected chi connectivity index (χ2v) is 5.38. The van der Waals surface area contributed by atoms with Crippen molar-refractivity contribution in [1.29, 1.82) is 0 Å². The van der Waals surface area contributed by atoms with Gasteiger partial charge in [-0.25, -0.2) is 5.43 Å². The van der Waals surface area contributed by atoms with Gasteiger partial charge in [0, 0.05) is 11.4 Å². The summed E-state index contributed by atoms with van der Waals surface area (Å²) in [7, 11) is 2.01. The number of nitrogens with two attached hydrogens (primary N) is 1. The third-order valence-electron chi connectivity index (χ3n) is 2.82. The SMILES string of the molecule is CN(CCc1ccc2c(c1)NC(=O)CS2)CNN. The number of thioether (sulfide) groups is 1. The van der Waals surface area contributed by atoms with Gasteiger partial charge in [-0.15, -0.1) is 11.8 Å². The first-order chi connectivity index (χ1) is 8.69. The maximum atomic E-state index is 11.3. The van der Waals surface area contributed by atoms with Crippen molar-refractivity contribution in [2.24, 2.45) is 5.84 Å². The first kappa shape index (κ1) is 13.4. The van der Waals surface area contributed by atoms with Crippen molar-refractivity contribution >= 4 is 23.4 Å². The van der Waals surface area contributed by atoms with Gasteiger partial charge in [-0.3, -0.25) is 15.5 Å². The van der Waals surface area contributed by atoms with E-state index in [1.165, 1.54) is 5.56 Å². The number of hydrazine groups is 1. The molecule has 1 heterocycles. The minimum atomic E-state index is 0.0779. The van der Waals surface area contributed by atoms with Crippen LogP contribution in [0, 0.1) is 0 Å². The molecule has 18 heavy (non-hydrogen) atoms. The molecule has 4 N–H and O–H groups in total. The number of nitrogens with zero attached hydrogens (tertiary/aromatic N) is 1. The van der Waals surface area contributed by atoms with Crippen molar-refractivity contribution in [1.82, 2.24) is 10.3 Å². The van der Waals surface area contributed by atoms with Crippen LogP contribution in [0.25, 0.3) is 0 Å². The van der Waals surface area contributed by atoms with E-state index in [4.69, 9.17) is 5.84 Å². The Morgan fingerprint density at radius 2 is 2.39 bits per heavy atom. The molecule has 0 saturated carbocycles. The third-order valence-corrected chi connectivity index (χ3v) is 3.89. The van der Waals surface area contributed by atoms with Crippen LogP contribution in [0.1, 0.15) is 5.56 Å². The summed E-state index contributed by atoms with van der Waals surface area (Å²) in [4.78, 5) is 14.6. The van der Waals surface area contributed by atoms with Crippen LogP contribution in [0.15, 0.2) is 23.1 Å². The number of anilines is 1. The van der Waals surface area contributed by atoms with E-state index in [0.717, 1.165) is 23.5 Å². The van der Waals surface area contributed by atoms with E-state index in [0.29, 0.717) is 12.4 Å². The van der Waals surface area contributed by atoms with E-state index in [1.807, 2.05) is 7.05 Å². The third kappa shape index (κ3) is 3.46. The van der Waals surface area contributed by atoms with Crippen molar-refractivity contribution in [3.63, 3.8) is 0 Å². The summed E-state index contributed by atoms with van der Waals surface area (Å²) in [5.74, 6) is 5.85. The minimum Gasteiger partial charge on any atom is -0.324 e. The average Bonchev–Trinajstić information content (AvgIpc) is 2.36. The number of hydrogen-bond donors (Lipinski definition) is 3. The lowest BCUT2D eigenvalue weighted by Gasteiger charge is -2.18. The van der Waals surface area contributed by atoms with Gasteiger partial charge < -0.3 is 5.32 Å². The molecule has 1 aromatic rings. The molecule has 0 unspecified atom stereocenters. The molecule has 0 saturated heterocycles. The topological polar surface area (TPSA) is 70.4 Å². The fourth-order valence-corrected chi connectivity index (χ4v) is 2.63. The molecule has 1 aliphatic rings. The quantitative estimate of drug-likeness (QED) is 0.414. The molecule has 1 amide bonds. The van der Waals surface area contributed by atoms with E-state index < -0.39 is 0 Å². The number of amides is 1. The zero-order chi connectivity index (χ0) is 13.0. The van der Waals surface area contributed by atoms with E-state index in [9.17, 15) is 4.79 Å². The zero-order valence-corrected chi connectivity index (χ0v) is 11.2. The van der Waals surface area contributed by atoms with Gasteiger partial charge in [0.25, 0.3) is 0 Å². The van der Waals surface area contributed by atoms with Crippen molar-refractivity contribution in [3.8, 4) is 0 Å². The summed E-state index contributed by atoms with van der Waals surface area (Å²) in [6.07, 6.45) is 0.937. The lowest BCUT2D eigenvalue weighted by Crippen LogP contribution is -2.36. The largest absolute Gasteiger partial charge is 0.324 e. The standard InChI is InChI=1S/C12H18N4OS/c1-16(8-14-13)5-4-9-2-3-11-10(6-9)15-12(17)7-18-11/h2-3,6,14H,4-5,7-8,13H2,1H3,(H,15,17). The molecular weight excluding hydrogens is 248 g/mol. The molecule has 2 rings (SSSR count). The van der Waals surface area contributed by atoms with Crippen molar-refractivity contribution in [2.45, 2.75) is 11.3 Å². The van der Waals surface area contributed by atoms with E-state index >= 15 is 0 Å². The van der Waals surface area contributed by atoms with Gasteiger partial charge in [0.2, 0.25) is 5.91 Å². The van der Waals surface area contributed by atoms with Crippen LogP contribution < -0.4 is 16.6 Å². The normalized spacial score (nSPS) is 14.5. The highest BCUT2D eigenvalue weighted by molar-refractivity contribution is 8.00. The Morgan fingerprint density at radius 3 is 3.17 bits per heavy atom. The number of nitrogens with one attached hydrogen (secondary N) is 2. The lowest BCUT2D eigenvalue weighted by molar-refractivity contribution is -0.113. The fraction of sp³-hybridized carbons (Fsp3) is 0.417. The average molecular weight is 266 g/mol. The summed E-state index contributed by atoms with van der Waals surface area (Å²) < 4.78 is 0. The molecule has 0 atom stereocenters. The van der Waals surface area contributed by atoms with Gasteiger partial charge >= 0.3 is 0 Å². The predicted molar refractivity (Wildman–Crippen MR) is 74.3 cm³/mol. The molecule has 1 aliphatic heterocycles. The van der Waals surface area contributed by atoms with Crippen molar-refractivity contribution in [3.05, 3.63) is 23.8 Å². The van der Waals surface area contributed by atoms with Crippen molar-refractivity contribution < 1.29 is 4.79 Å². The predicted octanol–water partition coefficient (Wildman–Crippen LogP) is 0.626. The highest BCUT2D eigenvalue weighted by atomic mass is 32.2. The summed E-state index contributed by atoms with van der Waals surface area (Å²) in [6.45, 7) is 1.58. The van der Waals surface area contributed by atoms with Gasteiger partial charge in [0.05, 0.1) is 18.1 Å². The van der Waals surface area contributed by atoms with Crippen LogP contribution in [0.4, 0.5) is 5.69 Å². The van der Waals surface area contributed by atoms with Crippen LogP contribution in [0.2, 0.25) is 0 Å². The molecular formula is C12H18N4OS. The molecule has 0 fully saturated rings. The second kappa shape index (κ2) is 6.19. The molecule has 6 heteroatoms. The maximum absolute atomic E-state index is 11.3. The molecule has 0 aromatic heterocycles. The van der Waals surface area contributed by atoms with E-state index in [2.05, 4.69) is 33.8 Å². The van der Waals surface area contributed by atoms with Crippen LogP contribution in [0.5, 0.6) is 0 Å². The molecule has 0 spiro atoms. The Kier molecular flexibility index (Phi) is 4.60. The van der Waals surface area contributed by atoms with E-state index in [-0.39, 0.29) is 5.91 Å². The first-order valence-corrected chi connectivity index (χ1v) is 6.85. The van der Waals surface area contributed by atoms with Crippen molar-refractivity contribution in [2.75, 3.05) is 31.3 Å². The lowest BCUT2D eigenvalue weighted by atomic mass is 10.1. The Balaban J connectivity index is 1.98. The number of fused-ring (bicyclic) bond motifs is 1. The van der Waals surface area contributed by atoms with Gasteiger partial charge in [-0.2, -0.15) is 0 Å². The summed E-state index contributed by atoms with van der Waals surface area (Å²) in [5.41, 5.74) is 4.79. The van der Waals surface area contributed by atoms with E-state index in [1.54, 1.807) is 11.8 Å². The molecule has 0 aliphatic carbocycles. The number of hydrogen-bond acceptors (Lipinski definition) is 5. The Morgan fingerprint density at radius 1 is 1.56 bits per heavy atom. The summed E-state index contributed by atoms with van der Waals surface area (Å²) >= 11 is 1.59. The fourth-order valence-electron chi connectivity index (χ4n) is 1.84. The van der Waals surface area contributed by atoms with Gasteiger partial charge in [0.1, 0.15) is 0 Å². The summed E-state index contributed by atoms with van der Waals surface area (Å²) in [5, 5.41) is 2.91. The molecule has 5 nitrogen and oxygen atoms in total. The number of carbonyl (C=O) groups is 1.